The lowest BCUT2D eigenvalue weighted by Crippen LogP contribution is -2.48. The van der Waals surface area contributed by atoms with Crippen molar-refractivity contribution in [3.8, 4) is 0 Å². The Morgan fingerprint density at radius 1 is 1.56 bits per heavy atom. The average Bonchev–Trinajstić information content (AvgIpc) is 2.80. The summed E-state index contributed by atoms with van der Waals surface area (Å²) in [5, 5.41) is 5.17. The van der Waals surface area contributed by atoms with Gasteiger partial charge < -0.3 is 4.74 Å². The fourth-order valence-corrected chi connectivity index (χ4v) is 2.58. The second-order valence-corrected chi connectivity index (χ2v) is 5.75. The Hall–Kier alpha value is -0.460. The lowest BCUT2D eigenvalue weighted by atomic mass is 10.2. The van der Waals surface area contributed by atoms with Crippen LogP contribution in [0.25, 0.3) is 0 Å². The van der Waals surface area contributed by atoms with Crippen LogP contribution >= 0.6 is 15.9 Å². The van der Waals surface area contributed by atoms with E-state index in [4.69, 9.17) is 4.74 Å². The van der Waals surface area contributed by atoms with Crippen molar-refractivity contribution in [3.63, 3.8) is 0 Å². The van der Waals surface area contributed by atoms with Gasteiger partial charge in [0.2, 0.25) is 0 Å². The minimum atomic E-state index is 0.275. The van der Waals surface area contributed by atoms with Gasteiger partial charge >= 0.3 is 0 Å². The highest BCUT2D eigenvalue weighted by Crippen LogP contribution is 2.16. The third-order valence-electron chi connectivity index (χ3n) is 3.29. The first kappa shape index (κ1) is 14.0. The topological polar surface area (TPSA) is 43.2 Å². The van der Waals surface area contributed by atoms with Crippen LogP contribution in [0.5, 0.6) is 0 Å². The predicted octanol–water partition coefficient (Wildman–Crippen LogP) is 1.84. The quantitative estimate of drug-likeness (QED) is 0.795. The van der Waals surface area contributed by atoms with E-state index in [0.717, 1.165) is 30.9 Å². The van der Waals surface area contributed by atoms with Crippen molar-refractivity contribution in [2.45, 2.75) is 45.5 Å². The summed E-state index contributed by atoms with van der Waals surface area (Å²) in [6.07, 6.45) is 1.92. The molecule has 0 radical (unpaired) electrons. The molecular formula is C12H21BrN4O. The molecule has 1 aromatic rings. The largest absolute Gasteiger partial charge is 0.374 e. The zero-order chi connectivity index (χ0) is 13.1. The minimum Gasteiger partial charge on any atom is -0.374 e. The van der Waals surface area contributed by atoms with Gasteiger partial charge in [0.25, 0.3) is 0 Å². The first-order valence-electron chi connectivity index (χ1n) is 6.41. The van der Waals surface area contributed by atoms with Crippen molar-refractivity contribution in [2.75, 3.05) is 18.5 Å². The molecule has 18 heavy (non-hydrogen) atoms. The first-order valence-corrected chi connectivity index (χ1v) is 7.54. The summed E-state index contributed by atoms with van der Waals surface area (Å²) in [7, 11) is 0. The summed E-state index contributed by atoms with van der Waals surface area (Å²) < 4.78 is 7.73. The van der Waals surface area contributed by atoms with Gasteiger partial charge in [-0.3, -0.25) is 4.90 Å². The molecule has 1 saturated heterocycles. The molecule has 0 saturated carbocycles. The van der Waals surface area contributed by atoms with Crippen LogP contribution < -0.4 is 0 Å². The van der Waals surface area contributed by atoms with Crippen LogP contribution in [0.2, 0.25) is 0 Å². The molecule has 5 nitrogen and oxygen atoms in total. The number of hydrogen-bond acceptors (Lipinski definition) is 4. The van der Waals surface area contributed by atoms with Gasteiger partial charge in [0, 0.05) is 24.0 Å². The van der Waals surface area contributed by atoms with Gasteiger partial charge in [0.15, 0.2) is 0 Å². The SMILES string of the molecule is CC1COC(CBr)CN1Cc1ncnn1C(C)C. The fraction of sp³-hybridized carbons (Fsp3) is 0.833. The van der Waals surface area contributed by atoms with Crippen LogP contribution in [0, 0.1) is 0 Å². The van der Waals surface area contributed by atoms with Gasteiger partial charge in [0.05, 0.1) is 19.3 Å². The van der Waals surface area contributed by atoms with Crippen molar-refractivity contribution in [1.82, 2.24) is 19.7 Å². The Morgan fingerprint density at radius 2 is 2.33 bits per heavy atom. The summed E-state index contributed by atoms with van der Waals surface area (Å²) in [4.78, 5) is 6.79. The molecular weight excluding hydrogens is 296 g/mol. The molecule has 0 bridgehead atoms. The highest BCUT2D eigenvalue weighted by atomic mass is 79.9. The molecule has 2 heterocycles. The van der Waals surface area contributed by atoms with E-state index in [-0.39, 0.29) is 6.10 Å². The van der Waals surface area contributed by atoms with E-state index in [0.29, 0.717) is 12.1 Å². The smallest absolute Gasteiger partial charge is 0.141 e. The van der Waals surface area contributed by atoms with Crippen LogP contribution in [-0.2, 0) is 11.3 Å². The molecule has 102 valence electrons. The Kier molecular flexibility index (Phi) is 4.75. The zero-order valence-electron chi connectivity index (χ0n) is 11.2. The maximum Gasteiger partial charge on any atom is 0.141 e. The molecule has 0 spiro atoms. The summed E-state index contributed by atoms with van der Waals surface area (Å²) >= 11 is 3.49. The van der Waals surface area contributed by atoms with Gasteiger partial charge in [-0.05, 0) is 20.8 Å². The van der Waals surface area contributed by atoms with Crippen LogP contribution in [0.3, 0.4) is 0 Å². The van der Waals surface area contributed by atoms with Crippen LogP contribution in [0.1, 0.15) is 32.6 Å². The van der Waals surface area contributed by atoms with E-state index in [2.05, 4.69) is 51.7 Å². The summed E-state index contributed by atoms with van der Waals surface area (Å²) in [5.74, 6) is 1.03. The van der Waals surface area contributed by atoms with Gasteiger partial charge in [0.1, 0.15) is 12.2 Å². The van der Waals surface area contributed by atoms with Crippen molar-refractivity contribution in [2.24, 2.45) is 0 Å². The standard InChI is InChI=1S/C12H21BrN4O/c1-9(2)17-12(14-8-15-17)6-16-5-11(4-13)18-7-10(16)3/h8-11H,4-7H2,1-3H3. The number of ether oxygens (including phenoxy) is 1. The summed E-state index contributed by atoms with van der Waals surface area (Å²) in [6, 6.07) is 0.781. The van der Waals surface area contributed by atoms with Gasteiger partial charge in [-0.25, -0.2) is 9.67 Å². The Morgan fingerprint density at radius 3 is 3.00 bits per heavy atom. The fourth-order valence-electron chi connectivity index (χ4n) is 2.19. The minimum absolute atomic E-state index is 0.275. The van der Waals surface area contributed by atoms with E-state index in [1.54, 1.807) is 6.33 Å². The molecule has 0 aliphatic carbocycles. The van der Waals surface area contributed by atoms with Gasteiger partial charge in [-0.15, -0.1) is 0 Å². The van der Waals surface area contributed by atoms with E-state index in [1.165, 1.54) is 0 Å². The third kappa shape index (κ3) is 3.10. The van der Waals surface area contributed by atoms with Crippen LogP contribution in [0.15, 0.2) is 6.33 Å². The Bertz CT molecular complexity index is 382. The average molecular weight is 317 g/mol. The Balaban J connectivity index is 2.05. The highest BCUT2D eigenvalue weighted by Gasteiger charge is 2.26. The normalized spacial score (nSPS) is 25.8. The summed E-state index contributed by atoms with van der Waals surface area (Å²) in [5.41, 5.74) is 0. The zero-order valence-corrected chi connectivity index (χ0v) is 12.8. The second kappa shape index (κ2) is 6.12. The van der Waals surface area contributed by atoms with Crippen molar-refractivity contribution in [1.29, 1.82) is 0 Å². The van der Waals surface area contributed by atoms with E-state index in [9.17, 15) is 0 Å². The molecule has 1 aliphatic heterocycles. The van der Waals surface area contributed by atoms with Crippen molar-refractivity contribution >= 4 is 15.9 Å². The first-order chi connectivity index (χ1) is 8.61. The van der Waals surface area contributed by atoms with Crippen LogP contribution in [0.4, 0.5) is 0 Å². The molecule has 1 aromatic heterocycles. The molecule has 0 N–H and O–H groups in total. The van der Waals surface area contributed by atoms with Gasteiger partial charge in [-0.1, -0.05) is 15.9 Å². The lowest BCUT2D eigenvalue weighted by Gasteiger charge is -2.37. The van der Waals surface area contributed by atoms with E-state index in [1.807, 2.05) is 4.68 Å². The maximum absolute atomic E-state index is 5.74. The van der Waals surface area contributed by atoms with E-state index >= 15 is 0 Å². The molecule has 2 rings (SSSR count). The molecule has 2 atom stereocenters. The monoisotopic (exact) mass is 316 g/mol. The third-order valence-corrected chi connectivity index (χ3v) is 4.01. The number of hydrogen-bond donors (Lipinski definition) is 0. The number of halogens is 1. The molecule has 2 unspecified atom stereocenters. The van der Waals surface area contributed by atoms with Crippen molar-refractivity contribution in [3.05, 3.63) is 12.2 Å². The van der Waals surface area contributed by atoms with Gasteiger partial charge in [-0.2, -0.15) is 5.10 Å². The maximum atomic E-state index is 5.74. The molecule has 6 heteroatoms. The second-order valence-electron chi connectivity index (χ2n) is 5.10. The number of nitrogens with zero attached hydrogens (tertiary/aromatic N) is 4. The predicted molar refractivity (Wildman–Crippen MR) is 73.8 cm³/mol. The molecule has 0 amide bonds. The Labute approximate surface area is 117 Å². The molecule has 1 aliphatic rings. The number of rotatable bonds is 4. The van der Waals surface area contributed by atoms with E-state index < -0.39 is 0 Å². The molecule has 1 fully saturated rings. The van der Waals surface area contributed by atoms with Crippen molar-refractivity contribution < 1.29 is 4.74 Å². The molecule has 0 aromatic carbocycles. The number of alkyl halides is 1. The number of aromatic nitrogens is 3. The highest BCUT2D eigenvalue weighted by molar-refractivity contribution is 9.09. The van der Waals surface area contributed by atoms with Crippen LogP contribution in [-0.4, -0.2) is 50.3 Å². The number of morpholine rings is 1. The summed E-state index contributed by atoms with van der Waals surface area (Å²) in [6.45, 7) is 9.01. The lowest BCUT2D eigenvalue weighted by molar-refractivity contribution is -0.0513.